The Bertz CT molecular complexity index is 604. The smallest absolute Gasteiger partial charge is 0.226 e. The van der Waals surface area contributed by atoms with Gasteiger partial charge in [0.25, 0.3) is 0 Å². The average Bonchev–Trinajstić information content (AvgIpc) is 2.88. The highest BCUT2D eigenvalue weighted by Crippen LogP contribution is 2.22. The van der Waals surface area contributed by atoms with E-state index in [1.54, 1.807) is 11.8 Å². The van der Waals surface area contributed by atoms with Gasteiger partial charge >= 0.3 is 0 Å². The Morgan fingerprint density at radius 1 is 1.32 bits per heavy atom. The zero-order valence-electron chi connectivity index (χ0n) is 10.6. The van der Waals surface area contributed by atoms with Gasteiger partial charge in [-0.3, -0.25) is 5.10 Å². The van der Waals surface area contributed by atoms with Crippen molar-refractivity contribution in [3.63, 3.8) is 0 Å². The number of allylic oxidation sites excluding steroid dienone is 1. The lowest BCUT2D eigenvalue weighted by Crippen LogP contribution is -2.06. The van der Waals surface area contributed by atoms with E-state index < -0.39 is 0 Å². The second-order valence-electron chi connectivity index (χ2n) is 4.76. The Morgan fingerprint density at radius 3 is 3.11 bits per heavy atom. The van der Waals surface area contributed by atoms with Crippen molar-refractivity contribution in [1.82, 2.24) is 20.2 Å². The molecule has 0 atom stereocenters. The highest BCUT2D eigenvalue weighted by atomic mass is 35.5. The molecule has 5 nitrogen and oxygen atoms in total. The normalized spacial score (nSPS) is 15.5. The zero-order chi connectivity index (χ0) is 13.1. The Kier molecular flexibility index (Phi) is 3.64. The molecule has 0 saturated carbocycles. The lowest BCUT2D eigenvalue weighted by molar-refractivity contribution is 0.679. The van der Waals surface area contributed by atoms with E-state index in [9.17, 15) is 0 Å². The van der Waals surface area contributed by atoms with Gasteiger partial charge in [0.05, 0.1) is 11.6 Å². The third kappa shape index (κ3) is 2.87. The molecule has 2 aromatic rings. The summed E-state index contributed by atoms with van der Waals surface area (Å²) in [6.07, 6.45) is 10.2. The minimum Gasteiger partial charge on any atom is -0.369 e. The summed E-state index contributed by atoms with van der Waals surface area (Å²) >= 11 is 5.89. The van der Waals surface area contributed by atoms with Crippen molar-refractivity contribution in [2.45, 2.75) is 32.1 Å². The second-order valence-corrected chi connectivity index (χ2v) is 5.10. The molecular formula is C13H16ClN5. The Balaban J connectivity index is 1.68. The predicted octanol–water partition coefficient (Wildman–Crippen LogP) is 3.31. The molecule has 0 fully saturated rings. The monoisotopic (exact) mass is 277 g/mol. The van der Waals surface area contributed by atoms with E-state index in [0.29, 0.717) is 5.65 Å². The number of halogens is 1. The van der Waals surface area contributed by atoms with Crippen LogP contribution in [0.4, 0.5) is 5.82 Å². The van der Waals surface area contributed by atoms with Gasteiger partial charge in [-0.25, -0.2) is 0 Å². The Labute approximate surface area is 116 Å². The minimum atomic E-state index is 0.233. The van der Waals surface area contributed by atoms with Gasteiger partial charge in [0.1, 0.15) is 5.82 Å². The number of hydrogen-bond donors (Lipinski definition) is 2. The van der Waals surface area contributed by atoms with Crippen LogP contribution in [0.3, 0.4) is 0 Å². The molecular weight excluding hydrogens is 262 g/mol. The van der Waals surface area contributed by atoms with Gasteiger partial charge in [-0.1, -0.05) is 11.6 Å². The molecule has 1 aliphatic rings. The zero-order valence-corrected chi connectivity index (χ0v) is 11.4. The number of aromatic amines is 1. The summed E-state index contributed by atoms with van der Waals surface area (Å²) in [5, 5.41) is 11.2. The third-order valence-electron chi connectivity index (χ3n) is 3.41. The summed E-state index contributed by atoms with van der Waals surface area (Å²) < 4.78 is 0. The number of nitrogens with one attached hydrogen (secondary N) is 2. The number of aromatic nitrogens is 4. The predicted molar refractivity (Wildman–Crippen MR) is 76.4 cm³/mol. The van der Waals surface area contributed by atoms with Gasteiger partial charge in [-0.05, 0) is 43.7 Å². The molecule has 0 bridgehead atoms. The maximum atomic E-state index is 5.89. The van der Waals surface area contributed by atoms with Crippen molar-refractivity contribution >= 4 is 28.5 Å². The third-order valence-corrected chi connectivity index (χ3v) is 3.58. The largest absolute Gasteiger partial charge is 0.369 e. The molecule has 0 aromatic carbocycles. The van der Waals surface area contributed by atoms with Crippen molar-refractivity contribution in [2.24, 2.45) is 0 Å². The first-order valence-electron chi connectivity index (χ1n) is 6.61. The average molecular weight is 278 g/mol. The van der Waals surface area contributed by atoms with Crippen LogP contribution in [0.2, 0.25) is 5.28 Å². The van der Waals surface area contributed by atoms with Gasteiger partial charge in [-0.2, -0.15) is 15.1 Å². The number of nitrogens with zero attached hydrogens (tertiary/aromatic N) is 3. The first kappa shape index (κ1) is 12.4. The molecule has 2 aromatic heterocycles. The standard InChI is InChI=1S/C13H16ClN5/c14-13-17-11(10-8-16-19-12(10)18-13)15-7-6-9-4-2-1-3-5-9/h4,8H,1-3,5-7H2,(H2,15,16,17,18,19). The van der Waals surface area contributed by atoms with Crippen LogP contribution in [-0.2, 0) is 0 Å². The fourth-order valence-electron chi connectivity index (χ4n) is 2.42. The Hall–Kier alpha value is -1.62. The first-order chi connectivity index (χ1) is 9.33. The molecule has 0 saturated heterocycles. The molecule has 3 rings (SSSR count). The molecule has 0 unspecified atom stereocenters. The van der Waals surface area contributed by atoms with Crippen LogP contribution in [0, 0.1) is 0 Å². The summed E-state index contributed by atoms with van der Waals surface area (Å²) in [4.78, 5) is 8.30. The summed E-state index contributed by atoms with van der Waals surface area (Å²) in [5.74, 6) is 0.750. The van der Waals surface area contributed by atoms with Gasteiger partial charge in [0, 0.05) is 6.54 Å². The topological polar surface area (TPSA) is 66.5 Å². The van der Waals surface area contributed by atoms with Crippen LogP contribution in [0.1, 0.15) is 32.1 Å². The lowest BCUT2D eigenvalue weighted by Gasteiger charge is -2.13. The van der Waals surface area contributed by atoms with Crippen LogP contribution >= 0.6 is 11.6 Å². The summed E-state index contributed by atoms with van der Waals surface area (Å²) in [6.45, 7) is 0.861. The van der Waals surface area contributed by atoms with E-state index in [2.05, 4.69) is 31.6 Å². The van der Waals surface area contributed by atoms with Gasteiger partial charge in [0.2, 0.25) is 5.28 Å². The van der Waals surface area contributed by atoms with Gasteiger partial charge in [-0.15, -0.1) is 0 Å². The second kappa shape index (κ2) is 5.57. The van der Waals surface area contributed by atoms with E-state index in [0.717, 1.165) is 24.2 Å². The number of rotatable bonds is 4. The van der Waals surface area contributed by atoms with Gasteiger partial charge in [0.15, 0.2) is 5.65 Å². The van der Waals surface area contributed by atoms with Crippen LogP contribution in [0.25, 0.3) is 11.0 Å². The summed E-state index contributed by atoms with van der Waals surface area (Å²) in [5.41, 5.74) is 2.21. The molecule has 1 aliphatic carbocycles. The summed E-state index contributed by atoms with van der Waals surface area (Å²) in [6, 6.07) is 0. The van der Waals surface area contributed by atoms with E-state index in [-0.39, 0.29) is 5.28 Å². The maximum absolute atomic E-state index is 5.89. The fraction of sp³-hybridized carbons (Fsp3) is 0.462. The van der Waals surface area contributed by atoms with E-state index in [1.165, 1.54) is 25.7 Å². The van der Waals surface area contributed by atoms with E-state index >= 15 is 0 Å². The molecule has 2 heterocycles. The maximum Gasteiger partial charge on any atom is 0.226 e. The number of H-pyrrole nitrogens is 1. The number of fused-ring (bicyclic) bond motifs is 1. The van der Waals surface area contributed by atoms with Crippen molar-refractivity contribution in [3.8, 4) is 0 Å². The van der Waals surface area contributed by atoms with Gasteiger partial charge < -0.3 is 5.32 Å². The van der Waals surface area contributed by atoms with E-state index in [1.807, 2.05) is 0 Å². The van der Waals surface area contributed by atoms with E-state index in [4.69, 9.17) is 11.6 Å². The van der Waals surface area contributed by atoms with Crippen LogP contribution in [0.5, 0.6) is 0 Å². The molecule has 2 N–H and O–H groups in total. The molecule has 19 heavy (non-hydrogen) atoms. The van der Waals surface area contributed by atoms with Crippen LogP contribution < -0.4 is 5.32 Å². The SMILES string of the molecule is Clc1nc(NCCC2=CCCCC2)c2cn[nH]c2n1. The number of hydrogen-bond acceptors (Lipinski definition) is 4. The van der Waals surface area contributed by atoms with Crippen molar-refractivity contribution < 1.29 is 0 Å². The molecule has 0 spiro atoms. The molecule has 0 amide bonds. The van der Waals surface area contributed by atoms with Crippen molar-refractivity contribution in [1.29, 1.82) is 0 Å². The lowest BCUT2D eigenvalue weighted by atomic mass is 9.97. The quantitative estimate of drug-likeness (QED) is 0.665. The molecule has 0 aliphatic heterocycles. The molecule has 0 radical (unpaired) electrons. The highest BCUT2D eigenvalue weighted by molar-refractivity contribution is 6.28. The first-order valence-corrected chi connectivity index (χ1v) is 6.99. The number of anilines is 1. The van der Waals surface area contributed by atoms with Crippen LogP contribution in [-0.4, -0.2) is 26.7 Å². The molecule has 6 heteroatoms. The fourth-order valence-corrected chi connectivity index (χ4v) is 2.58. The highest BCUT2D eigenvalue weighted by Gasteiger charge is 2.08. The summed E-state index contributed by atoms with van der Waals surface area (Å²) in [7, 11) is 0. The Morgan fingerprint density at radius 2 is 2.26 bits per heavy atom. The van der Waals surface area contributed by atoms with Crippen molar-refractivity contribution in [2.75, 3.05) is 11.9 Å². The van der Waals surface area contributed by atoms with Crippen LogP contribution in [0.15, 0.2) is 17.8 Å². The minimum absolute atomic E-state index is 0.233. The van der Waals surface area contributed by atoms with Crippen molar-refractivity contribution in [3.05, 3.63) is 23.1 Å². The molecule has 100 valence electrons.